The van der Waals surface area contributed by atoms with Crippen molar-refractivity contribution in [3.05, 3.63) is 102 Å². The number of ether oxygens (including phenoxy) is 3. The molecule has 2 aromatic carbocycles. The molecule has 1 aliphatic heterocycles. The first-order valence-electron chi connectivity index (χ1n) is 18.3. The lowest BCUT2D eigenvalue weighted by Crippen LogP contribution is -2.36. The average molecular weight is 729 g/mol. The number of unbranched alkanes of at least 4 members (excludes halogenated alkanes) is 1. The van der Waals surface area contributed by atoms with Crippen LogP contribution in [-0.4, -0.2) is 64.7 Å². The maximum Gasteiger partial charge on any atom is 0.302 e. The van der Waals surface area contributed by atoms with Gasteiger partial charge in [0.15, 0.2) is 0 Å². The van der Waals surface area contributed by atoms with Gasteiger partial charge in [0.25, 0.3) is 5.91 Å². The number of nitrogens with one attached hydrogen (secondary N) is 1. The Morgan fingerprint density at radius 2 is 1.88 bits per heavy atom. The van der Waals surface area contributed by atoms with Gasteiger partial charge in [-0.2, -0.15) is 0 Å². The monoisotopic (exact) mass is 728 g/mol. The van der Waals surface area contributed by atoms with Gasteiger partial charge in [0.2, 0.25) is 0 Å². The predicted octanol–water partition coefficient (Wildman–Crippen LogP) is 6.98. The number of para-hydroxylation sites is 1. The normalized spacial score (nSPS) is 18.9. The van der Waals surface area contributed by atoms with Gasteiger partial charge in [0, 0.05) is 78.3 Å². The van der Waals surface area contributed by atoms with E-state index in [9.17, 15) is 9.59 Å². The molecule has 3 unspecified atom stereocenters. The number of hydrogen-bond donors (Lipinski definition) is 1. The van der Waals surface area contributed by atoms with E-state index in [1.54, 1.807) is 19.4 Å². The van der Waals surface area contributed by atoms with Crippen LogP contribution in [0.4, 0.5) is 5.69 Å². The molecule has 1 N–H and O–H groups in total. The van der Waals surface area contributed by atoms with Gasteiger partial charge in [0.05, 0.1) is 30.0 Å². The molecule has 2 heterocycles. The van der Waals surface area contributed by atoms with E-state index < -0.39 is 15.5 Å². The zero-order chi connectivity index (χ0) is 37.1. The minimum Gasteiger partial charge on any atom is -0.491 e. The fourth-order valence-corrected chi connectivity index (χ4v) is 8.30. The minimum atomic E-state index is -1.47. The topological polar surface area (TPSA) is 112 Å². The van der Waals surface area contributed by atoms with Gasteiger partial charge in [-0.15, -0.1) is 0 Å². The second-order valence-electron chi connectivity index (χ2n) is 13.4. The first kappa shape index (κ1) is 38.7. The summed E-state index contributed by atoms with van der Waals surface area (Å²) in [7, 11) is -1.47. The van der Waals surface area contributed by atoms with Crippen molar-refractivity contribution >= 4 is 28.4 Å². The van der Waals surface area contributed by atoms with Gasteiger partial charge in [-0.1, -0.05) is 69.3 Å². The average Bonchev–Trinajstić information content (AvgIpc) is 3.79. The third-order valence-corrected chi connectivity index (χ3v) is 11.2. The third kappa shape index (κ3) is 9.49. The van der Waals surface area contributed by atoms with Crippen LogP contribution in [-0.2, 0) is 46.9 Å². The Morgan fingerprint density at radius 3 is 2.58 bits per heavy atom. The molecule has 278 valence electrons. The van der Waals surface area contributed by atoms with Crippen molar-refractivity contribution in [2.45, 2.75) is 82.9 Å². The maximum absolute atomic E-state index is 15.0. The van der Waals surface area contributed by atoms with E-state index in [-0.39, 0.29) is 18.0 Å². The summed E-state index contributed by atoms with van der Waals surface area (Å²) in [5, 5.41) is 2.93. The first-order valence-corrected chi connectivity index (χ1v) is 19.6. The molecular formula is C41H52N4O6S. The van der Waals surface area contributed by atoms with Crippen LogP contribution in [0.3, 0.4) is 0 Å². The molecule has 2 aliphatic rings. The molecule has 3 atom stereocenters. The second-order valence-corrected chi connectivity index (χ2v) is 15.1. The molecule has 1 saturated heterocycles. The predicted molar refractivity (Wildman–Crippen MR) is 206 cm³/mol. The van der Waals surface area contributed by atoms with E-state index in [1.165, 1.54) is 6.92 Å². The van der Waals surface area contributed by atoms with Crippen molar-refractivity contribution in [3.8, 4) is 16.9 Å². The summed E-state index contributed by atoms with van der Waals surface area (Å²) in [6.45, 7) is 14.8. The van der Waals surface area contributed by atoms with E-state index in [2.05, 4.69) is 52.3 Å². The number of esters is 1. The largest absolute Gasteiger partial charge is 0.491 e. The Hall–Kier alpha value is -4.48. The number of benzene rings is 2. The van der Waals surface area contributed by atoms with Crippen LogP contribution in [0.5, 0.6) is 5.75 Å². The molecule has 0 radical (unpaired) electrons. The van der Waals surface area contributed by atoms with Crippen LogP contribution in [0.25, 0.3) is 11.1 Å². The lowest BCUT2D eigenvalue weighted by molar-refractivity contribution is -0.145. The highest BCUT2D eigenvalue weighted by atomic mass is 32.2. The van der Waals surface area contributed by atoms with Gasteiger partial charge < -0.3 is 29.0 Å². The molecule has 0 spiro atoms. The molecule has 52 heavy (non-hydrogen) atoms. The number of hydrogen-bond acceptors (Lipinski definition) is 8. The summed E-state index contributed by atoms with van der Waals surface area (Å²) in [4.78, 5) is 31.2. The fraction of sp³-hybridized carbons (Fsp3) is 0.439. The van der Waals surface area contributed by atoms with Crippen LogP contribution >= 0.6 is 0 Å². The molecule has 5 rings (SSSR count). The summed E-state index contributed by atoms with van der Waals surface area (Å²) >= 11 is 0. The number of nitrogens with zero attached hydrogens (tertiary/aromatic N) is 3. The Morgan fingerprint density at radius 1 is 1.08 bits per heavy atom. The summed E-state index contributed by atoms with van der Waals surface area (Å²) in [6.07, 6.45) is 13.2. The zero-order valence-corrected chi connectivity index (χ0v) is 31.7. The third-order valence-electron chi connectivity index (χ3n) is 9.34. The van der Waals surface area contributed by atoms with Crippen LogP contribution in [0.15, 0.2) is 91.1 Å². The number of anilines is 1. The first-order chi connectivity index (χ1) is 25.1. The molecule has 0 saturated carbocycles. The smallest absolute Gasteiger partial charge is 0.302 e. The van der Waals surface area contributed by atoms with Gasteiger partial charge in [-0.25, -0.2) is 4.98 Å². The molecule has 11 heteroatoms. The van der Waals surface area contributed by atoms with Gasteiger partial charge in [0.1, 0.15) is 18.5 Å². The number of carbonyl (C=O) groups excluding carboxylic acids is 2. The Balaban J connectivity index is 1.56. The summed E-state index contributed by atoms with van der Waals surface area (Å²) in [5.41, 5.74) is 5.73. The summed E-state index contributed by atoms with van der Waals surface area (Å²) < 4.78 is 33.4. The summed E-state index contributed by atoms with van der Waals surface area (Å²) in [6, 6.07) is 14.2. The lowest BCUT2D eigenvalue weighted by atomic mass is 9.86. The summed E-state index contributed by atoms with van der Waals surface area (Å²) in [5.74, 6) is 0.473. The number of amides is 1. The van der Waals surface area contributed by atoms with Crippen molar-refractivity contribution in [1.82, 2.24) is 14.9 Å². The van der Waals surface area contributed by atoms with Crippen molar-refractivity contribution < 1.29 is 28.0 Å². The van der Waals surface area contributed by atoms with Crippen molar-refractivity contribution in [2.75, 3.05) is 37.8 Å². The Labute approximate surface area is 310 Å². The lowest BCUT2D eigenvalue weighted by Gasteiger charge is -2.37. The molecule has 3 aromatic rings. The molecule has 1 fully saturated rings. The van der Waals surface area contributed by atoms with E-state index >= 15 is 4.21 Å². The van der Waals surface area contributed by atoms with Crippen molar-refractivity contribution in [3.63, 3.8) is 0 Å². The molecule has 1 amide bonds. The zero-order valence-electron chi connectivity index (χ0n) is 30.9. The maximum atomic E-state index is 15.0. The van der Waals surface area contributed by atoms with E-state index in [1.807, 2.05) is 48.6 Å². The van der Waals surface area contributed by atoms with Gasteiger partial charge >= 0.3 is 5.97 Å². The number of rotatable bonds is 18. The van der Waals surface area contributed by atoms with Crippen molar-refractivity contribution in [1.29, 1.82) is 0 Å². The number of imidazole rings is 1. The molecule has 1 aliphatic carbocycles. The Kier molecular flexibility index (Phi) is 13.7. The van der Waals surface area contributed by atoms with Crippen LogP contribution in [0.2, 0.25) is 0 Å². The molecular weight excluding hydrogens is 677 g/mol. The standard InChI is InChI=1S/C41H52N4O6S/c1-6-8-23-49-24-25-50-35-14-12-32(13-15-35)37-10-9-11-38(39(37)44-22-18-36(27-44)51-31(5)46)41(19-16-33(17-20-41)43-40(47)30(3)4)52(48)28-34-26-42-29-45(34)21-7-2/h9-17,19,26,29,36H,3,6-8,18,20-25,27-28H2,1-2,4-5H3,(H,43,47). The number of allylic oxidation sites excluding steroid dienone is 2. The number of aromatic nitrogens is 2. The molecule has 0 bridgehead atoms. The number of aryl methyl sites for hydroxylation is 1. The van der Waals surface area contributed by atoms with Crippen LogP contribution < -0.4 is 15.0 Å². The SMILES string of the molecule is C=C(C)C(=O)NC1=CCC(c2cccc(-c3ccc(OCCOCCCC)cc3)c2N2CCC(OC(C)=O)C2)(S(=O)Cc2cncn2CCC)C=C1. The highest BCUT2D eigenvalue weighted by Crippen LogP contribution is 2.47. The molecule has 10 nitrogen and oxygen atoms in total. The van der Waals surface area contributed by atoms with E-state index in [0.717, 1.165) is 66.2 Å². The minimum absolute atomic E-state index is 0.260. The van der Waals surface area contributed by atoms with Crippen LogP contribution in [0, 0.1) is 0 Å². The Bertz CT molecular complexity index is 1800. The van der Waals surface area contributed by atoms with Gasteiger partial charge in [-0.3, -0.25) is 13.8 Å². The molecule has 1 aromatic heterocycles. The highest BCUT2D eigenvalue weighted by Gasteiger charge is 2.42. The van der Waals surface area contributed by atoms with E-state index in [0.29, 0.717) is 56.2 Å². The second kappa shape index (κ2) is 18.3. The van der Waals surface area contributed by atoms with Crippen LogP contribution in [0.1, 0.15) is 71.1 Å². The fourth-order valence-electron chi connectivity index (χ4n) is 6.64. The van der Waals surface area contributed by atoms with Gasteiger partial charge in [-0.05, 0) is 55.5 Å². The number of carbonyl (C=O) groups is 2. The quantitative estimate of drug-likeness (QED) is 0.0849. The van der Waals surface area contributed by atoms with E-state index in [4.69, 9.17) is 14.2 Å². The highest BCUT2D eigenvalue weighted by molar-refractivity contribution is 7.85. The van der Waals surface area contributed by atoms with Crippen molar-refractivity contribution in [2.24, 2.45) is 0 Å².